The van der Waals surface area contributed by atoms with Gasteiger partial charge in [-0.2, -0.15) is 5.26 Å². The van der Waals surface area contributed by atoms with Gasteiger partial charge in [-0.1, -0.05) is 6.07 Å². The molecule has 3 rings (SSSR count). The van der Waals surface area contributed by atoms with Crippen LogP contribution in [0.5, 0.6) is 23.0 Å². The van der Waals surface area contributed by atoms with E-state index in [0.717, 1.165) is 11.1 Å². The van der Waals surface area contributed by atoms with Crippen molar-refractivity contribution in [1.29, 1.82) is 5.26 Å². The van der Waals surface area contributed by atoms with Gasteiger partial charge in [0.05, 0.1) is 23.6 Å². The largest absolute Gasteiger partial charge is 0.508 e. The number of hydrogen-bond donors (Lipinski definition) is 2. The molecule has 0 saturated carbocycles. The lowest BCUT2D eigenvalue weighted by Gasteiger charge is -2.27. The van der Waals surface area contributed by atoms with E-state index in [4.69, 9.17) is 19.9 Å². The van der Waals surface area contributed by atoms with Gasteiger partial charge >= 0.3 is 0 Å². The van der Waals surface area contributed by atoms with Gasteiger partial charge in [-0.05, 0) is 53.5 Å². The molecule has 0 radical (unpaired) electrons. The van der Waals surface area contributed by atoms with E-state index >= 15 is 0 Å². The van der Waals surface area contributed by atoms with Crippen LogP contribution in [0.1, 0.15) is 30.9 Å². The summed E-state index contributed by atoms with van der Waals surface area (Å²) in [5.41, 5.74) is 7.81. The van der Waals surface area contributed by atoms with Crippen molar-refractivity contribution in [3.8, 4) is 29.1 Å². The quantitative estimate of drug-likeness (QED) is 0.738. The number of fused-ring (bicyclic) bond motifs is 1. The number of benzene rings is 2. The summed E-state index contributed by atoms with van der Waals surface area (Å²) in [4.78, 5) is 0. The number of nitrogens with two attached hydrogens (primary N) is 1. The molecule has 0 bridgehead atoms. The molecule has 0 aliphatic carbocycles. The minimum absolute atomic E-state index is 0.0172. The van der Waals surface area contributed by atoms with Crippen LogP contribution in [0, 0.1) is 11.3 Å². The lowest BCUT2D eigenvalue weighted by Crippen LogP contribution is -2.21. The summed E-state index contributed by atoms with van der Waals surface area (Å²) in [5.74, 6) is 1.22. The van der Waals surface area contributed by atoms with Crippen LogP contribution in [-0.2, 0) is 0 Å². The first-order valence-corrected chi connectivity index (χ1v) is 9.28. The molecule has 0 fully saturated rings. The topological polar surface area (TPSA) is 97.7 Å². The monoisotopic (exact) mass is 430 g/mol. The lowest BCUT2D eigenvalue weighted by atomic mass is 9.83. The second kappa shape index (κ2) is 7.80. The number of phenols is 1. The maximum Gasteiger partial charge on any atom is 0.205 e. The van der Waals surface area contributed by atoms with E-state index in [-0.39, 0.29) is 11.6 Å². The predicted molar refractivity (Wildman–Crippen MR) is 104 cm³/mol. The fourth-order valence-electron chi connectivity index (χ4n) is 3.09. The Kier molecular flexibility index (Phi) is 5.47. The van der Waals surface area contributed by atoms with E-state index in [2.05, 4.69) is 22.0 Å². The molecule has 7 heteroatoms. The SMILES string of the molecule is CCOc1cc([C@@H]2C(C#N)=C(N)Oc3cc(O)ccc32)cc(Br)c1OCC. The fraction of sp³-hybridized carbons (Fsp3) is 0.250. The number of phenolic OH excluding ortho intramolecular Hbond substituents is 1. The van der Waals surface area contributed by atoms with Gasteiger partial charge in [0.25, 0.3) is 0 Å². The number of rotatable bonds is 5. The molecule has 2 aromatic carbocycles. The standard InChI is InChI=1S/C20H19BrN2O4/c1-3-25-17-8-11(7-15(21)19(17)26-4-2)18-13-6-5-12(24)9-16(13)27-20(23)14(18)10-22/h5-9,18,24H,3-4,23H2,1-2H3/t18-/m0/s1. The van der Waals surface area contributed by atoms with Gasteiger partial charge in [0.15, 0.2) is 11.5 Å². The molecule has 3 N–H and O–H groups in total. The van der Waals surface area contributed by atoms with E-state index in [1.165, 1.54) is 6.07 Å². The Morgan fingerprint density at radius 2 is 1.96 bits per heavy atom. The summed E-state index contributed by atoms with van der Waals surface area (Å²) in [6.45, 7) is 4.75. The fourth-order valence-corrected chi connectivity index (χ4v) is 3.66. The van der Waals surface area contributed by atoms with E-state index in [1.54, 1.807) is 12.1 Å². The van der Waals surface area contributed by atoms with Gasteiger partial charge in [0.2, 0.25) is 5.88 Å². The molecule has 1 heterocycles. The van der Waals surface area contributed by atoms with Crippen LogP contribution >= 0.6 is 15.9 Å². The number of nitriles is 1. The minimum Gasteiger partial charge on any atom is -0.508 e. The number of allylic oxidation sites excluding steroid dienone is 1. The predicted octanol–water partition coefficient (Wildman–Crippen LogP) is 4.17. The molecule has 0 saturated heterocycles. The third-order valence-electron chi connectivity index (χ3n) is 4.16. The van der Waals surface area contributed by atoms with Gasteiger partial charge in [-0.15, -0.1) is 0 Å². The molecular formula is C20H19BrN2O4. The molecule has 1 atom stereocenters. The molecule has 1 aliphatic heterocycles. The number of aromatic hydroxyl groups is 1. The summed E-state index contributed by atoms with van der Waals surface area (Å²) >= 11 is 3.54. The minimum atomic E-state index is -0.453. The zero-order chi connectivity index (χ0) is 19.6. The Hall–Kier alpha value is -2.85. The Bertz CT molecular complexity index is 950. The first kappa shape index (κ1) is 18.9. The molecule has 0 aromatic heterocycles. The summed E-state index contributed by atoms with van der Waals surface area (Å²) in [7, 11) is 0. The van der Waals surface area contributed by atoms with Crippen LogP contribution in [0.3, 0.4) is 0 Å². The van der Waals surface area contributed by atoms with Crippen LogP contribution in [-0.4, -0.2) is 18.3 Å². The van der Waals surface area contributed by atoms with Crippen molar-refractivity contribution >= 4 is 15.9 Å². The Morgan fingerprint density at radius 3 is 2.63 bits per heavy atom. The third kappa shape index (κ3) is 3.53. The van der Waals surface area contributed by atoms with Gasteiger partial charge in [0, 0.05) is 11.6 Å². The smallest absolute Gasteiger partial charge is 0.205 e. The molecule has 1 aliphatic rings. The Morgan fingerprint density at radius 1 is 1.22 bits per heavy atom. The van der Waals surface area contributed by atoms with Crippen LogP contribution in [0.25, 0.3) is 0 Å². The molecule has 0 amide bonds. The highest BCUT2D eigenvalue weighted by molar-refractivity contribution is 9.10. The normalized spacial score (nSPS) is 15.6. The van der Waals surface area contributed by atoms with Crippen molar-refractivity contribution in [2.75, 3.05) is 13.2 Å². The summed E-state index contributed by atoms with van der Waals surface area (Å²) in [5, 5.41) is 19.4. The van der Waals surface area contributed by atoms with Crippen LogP contribution in [0.2, 0.25) is 0 Å². The summed E-state index contributed by atoms with van der Waals surface area (Å²) in [6, 6.07) is 10.6. The molecule has 2 aromatic rings. The van der Waals surface area contributed by atoms with Crippen LogP contribution in [0.4, 0.5) is 0 Å². The molecule has 0 spiro atoms. The first-order chi connectivity index (χ1) is 13.0. The zero-order valence-corrected chi connectivity index (χ0v) is 16.5. The number of nitrogens with zero attached hydrogens (tertiary/aromatic N) is 1. The molecule has 140 valence electrons. The Balaban J connectivity index is 2.21. The summed E-state index contributed by atoms with van der Waals surface area (Å²) in [6.07, 6.45) is 0. The first-order valence-electron chi connectivity index (χ1n) is 8.49. The highest BCUT2D eigenvalue weighted by atomic mass is 79.9. The highest BCUT2D eigenvalue weighted by Crippen LogP contribution is 2.46. The van der Waals surface area contributed by atoms with Crippen molar-refractivity contribution in [1.82, 2.24) is 0 Å². The van der Waals surface area contributed by atoms with Crippen molar-refractivity contribution in [3.63, 3.8) is 0 Å². The van der Waals surface area contributed by atoms with Crippen molar-refractivity contribution < 1.29 is 19.3 Å². The summed E-state index contributed by atoms with van der Waals surface area (Å²) < 4.78 is 17.7. The molecule has 0 unspecified atom stereocenters. The average molecular weight is 431 g/mol. The number of ether oxygens (including phenoxy) is 3. The van der Waals surface area contributed by atoms with Gasteiger partial charge < -0.3 is 25.1 Å². The lowest BCUT2D eigenvalue weighted by molar-refractivity contribution is 0.286. The molecule has 27 heavy (non-hydrogen) atoms. The van der Waals surface area contributed by atoms with E-state index in [1.807, 2.05) is 26.0 Å². The number of hydrogen-bond acceptors (Lipinski definition) is 6. The maximum atomic E-state index is 9.76. The second-order valence-corrected chi connectivity index (χ2v) is 6.70. The van der Waals surface area contributed by atoms with Crippen LogP contribution < -0.4 is 19.9 Å². The van der Waals surface area contributed by atoms with Crippen molar-refractivity contribution in [2.45, 2.75) is 19.8 Å². The maximum absolute atomic E-state index is 9.76. The van der Waals surface area contributed by atoms with Gasteiger partial charge in [-0.3, -0.25) is 0 Å². The Labute approximate surface area is 165 Å². The highest BCUT2D eigenvalue weighted by Gasteiger charge is 2.32. The van der Waals surface area contributed by atoms with Crippen LogP contribution in [0.15, 0.2) is 46.3 Å². The average Bonchev–Trinajstić information content (AvgIpc) is 2.63. The molecular weight excluding hydrogens is 412 g/mol. The second-order valence-electron chi connectivity index (χ2n) is 5.84. The zero-order valence-electron chi connectivity index (χ0n) is 15.0. The van der Waals surface area contributed by atoms with E-state index in [0.29, 0.717) is 40.5 Å². The number of halogens is 1. The molecule has 6 nitrogen and oxygen atoms in total. The van der Waals surface area contributed by atoms with E-state index in [9.17, 15) is 10.4 Å². The van der Waals surface area contributed by atoms with E-state index < -0.39 is 5.92 Å². The van der Waals surface area contributed by atoms with Crippen molar-refractivity contribution in [3.05, 3.63) is 57.4 Å². The van der Waals surface area contributed by atoms with Crippen molar-refractivity contribution in [2.24, 2.45) is 5.73 Å². The van der Waals surface area contributed by atoms with Gasteiger partial charge in [0.1, 0.15) is 23.1 Å². The van der Waals surface area contributed by atoms with Gasteiger partial charge in [-0.25, -0.2) is 0 Å². The third-order valence-corrected chi connectivity index (χ3v) is 4.75.